The van der Waals surface area contributed by atoms with E-state index in [0.29, 0.717) is 34.3 Å². The summed E-state index contributed by atoms with van der Waals surface area (Å²) in [7, 11) is 0. The van der Waals surface area contributed by atoms with Gasteiger partial charge in [-0.25, -0.2) is 9.97 Å². The van der Waals surface area contributed by atoms with E-state index in [4.69, 9.17) is 10.7 Å². The number of anilines is 1. The second-order valence-corrected chi connectivity index (χ2v) is 9.87. The van der Waals surface area contributed by atoms with Crippen molar-refractivity contribution in [3.05, 3.63) is 70.2 Å². The number of fused-ring (bicyclic) bond motifs is 2. The molecule has 0 aliphatic rings. The SMILES string of the molecule is C[C@H](CO)NC(=O)c1c(-c2ccsc2)nc2c(C(=O)NCc3ccc4nc(N)sc4c3)cccn12. The Labute approximate surface area is 208 Å². The van der Waals surface area contributed by atoms with Crippen LogP contribution < -0.4 is 16.4 Å². The molecule has 9 nitrogen and oxygen atoms in total. The first kappa shape index (κ1) is 23.0. The van der Waals surface area contributed by atoms with Crippen molar-refractivity contribution < 1.29 is 14.7 Å². The lowest BCUT2D eigenvalue weighted by Crippen LogP contribution is -2.36. The molecule has 0 fully saturated rings. The largest absolute Gasteiger partial charge is 0.394 e. The number of benzene rings is 1. The first-order valence-electron chi connectivity index (χ1n) is 10.8. The Kier molecular flexibility index (Phi) is 6.20. The zero-order valence-corrected chi connectivity index (χ0v) is 20.3. The lowest BCUT2D eigenvalue weighted by molar-refractivity contribution is 0.0914. The summed E-state index contributed by atoms with van der Waals surface area (Å²) in [6.45, 7) is 1.83. The van der Waals surface area contributed by atoms with E-state index in [9.17, 15) is 14.7 Å². The molecule has 0 saturated carbocycles. The Bertz CT molecular complexity index is 1540. The maximum atomic E-state index is 13.2. The van der Waals surface area contributed by atoms with Gasteiger partial charge in [0.25, 0.3) is 11.8 Å². The summed E-state index contributed by atoms with van der Waals surface area (Å²) >= 11 is 2.89. The van der Waals surface area contributed by atoms with Gasteiger partial charge in [0.1, 0.15) is 11.4 Å². The number of nitrogens with one attached hydrogen (secondary N) is 2. The molecule has 35 heavy (non-hydrogen) atoms. The molecule has 0 radical (unpaired) electrons. The molecule has 0 unspecified atom stereocenters. The molecule has 0 saturated heterocycles. The number of nitrogen functional groups attached to an aromatic ring is 1. The van der Waals surface area contributed by atoms with Crippen molar-refractivity contribution in [2.24, 2.45) is 0 Å². The number of aliphatic hydroxyl groups is 1. The van der Waals surface area contributed by atoms with Gasteiger partial charge in [0.15, 0.2) is 10.8 Å². The van der Waals surface area contributed by atoms with Crippen molar-refractivity contribution in [2.75, 3.05) is 12.3 Å². The molecule has 4 heterocycles. The van der Waals surface area contributed by atoms with Crippen LogP contribution >= 0.6 is 22.7 Å². The Hall–Kier alpha value is -3.80. The van der Waals surface area contributed by atoms with Gasteiger partial charge in [0.05, 0.1) is 22.4 Å². The lowest BCUT2D eigenvalue weighted by Gasteiger charge is -2.12. The fourth-order valence-corrected chi connectivity index (χ4v) is 5.21. The van der Waals surface area contributed by atoms with Crippen LogP contribution in [-0.2, 0) is 6.54 Å². The summed E-state index contributed by atoms with van der Waals surface area (Å²) < 4.78 is 2.57. The number of amides is 2. The molecule has 5 rings (SSSR count). The van der Waals surface area contributed by atoms with Gasteiger partial charge >= 0.3 is 0 Å². The topological polar surface area (TPSA) is 135 Å². The van der Waals surface area contributed by atoms with Crippen LogP contribution in [0, 0.1) is 0 Å². The number of carbonyl (C=O) groups excluding carboxylic acids is 2. The van der Waals surface area contributed by atoms with E-state index in [1.54, 1.807) is 29.7 Å². The van der Waals surface area contributed by atoms with Crippen molar-refractivity contribution >= 4 is 55.5 Å². The van der Waals surface area contributed by atoms with Crippen LogP contribution in [-0.4, -0.2) is 43.9 Å². The number of carbonyl (C=O) groups is 2. The zero-order valence-electron chi connectivity index (χ0n) is 18.7. The molecular weight excluding hydrogens is 484 g/mol. The van der Waals surface area contributed by atoms with Crippen LogP contribution in [0.5, 0.6) is 0 Å². The highest BCUT2D eigenvalue weighted by Crippen LogP contribution is 2.28. The maximum Gasteiger partial charge on any atom is 0.270 e. The smallest absolute Gasteiger partial charge is 0.270 e. The van der Waals surface area contributed by atoms with Crippen LogP contribution in [0.3, 0.4) is 0 Å². The van der Waals surface area contributed by atoms with Crippen molar-refractivity contribution in [1.82, 2.24) is 25.0 Å². The number of imidazole rings is 1. The molecule has 0 aliphatic carbocycles. The molecule has 1 atom stereocenters. The van der Waals surface area contributed by atoms with Gasteiger partial charge in [-0.2, -0.15) is 11.3 Å². The monoisotopic (exact) mass is 506 g/mol. The molecule has 2 amide bonds. The van der Waals surface area contributed by atoms with Gasteiger partial charge in [0.2, 0.25) is 0 Å². The number of hydrogen-bond donors (Lipinski definition) is 4. The van der Waals surface area contributed by atoms with Crippen LogP contribution in [0.15, 0.2) is 53.4 Å². The Morgan fingerprint density at radius 1 is 1.20 bits per heavy atom. The lowest BCUT2D eigenvalue weighted by atomic mass is 10.2. The minimum absolute atomic E-state index is 0.191. The van der Waals surface area contributed by atoms with Crippen molar-refractivity contribution in [2.45, 2.75) is 19.5 Å². The first-order chi connectivity index (χ1) is 16.9. The molecular formula is C24H22N6O3S2. The van der Waals surface area contributed by atoms with Gasteiger partial charge < -0.3 is 21.5 Å². The fraction of sp³-hybridized carbons (Fsp3) is 0.167. The minimum atomic E-state index is -0.430. The number of thiazole rings is 1. The second kappa shape index (κ2) is 9.45. The van der Waals surface area contributed by atoms with E-state index in [1.807, 2.05) is 35.0 Å². The number of rotatable bonds is 7. The van der Waals surface area contributed by atoms with Crippen molar-refractivity contribution in [3.8, 4) is 11.3 Å². The minimum Gasteiger partial charge on any atom is -0.394 e. The summed E-state index contributed by atoms with van der Waals surface area (Å²) in [6, 6.07) is 10.6. The zero-order chi connectivity index (χ0) is 24.5. The number of hydrogen-bond acceptors (Lipinski definition) is 8. The van der Waals surface area contributed by atoms with Gasteiger partial charge in [-0.05, 0) is 48.2 Å². The fourth-order valence-electron chi connectivity index (χ4n) is 3.77. The van der Waals surface area contributed by atoms with Gasteiger partial charge in [-0.15, -0.1) is 0 Å². The molecule has 0 spiro atoms. The highest BCUT2D eigenvalue weighted by Gasteiger charge is 2.24. The van der Waals surface area contributed by atoms with Crippen LogP contribution in [0.25, 0.3) is 27.1 Å². The van der Waals surface area contributed by atoms with Gasteiger partial charge in [-0.3, -0.25) is 14.0 Å². The number of pyridine rings is 1. The molecule has 4 aromatic heterocycles. The predicted octanol–water partition coefficient (Wildman–Crippen LogP) is 3.30. The van der Waals surface area contributed by atoms with E-state index in [-0.39, 0.29) is 18.4 Å². The summed E-state index contributed by atoms with van der Waals surface area (Å²) in [5.74, 6) is -0.688. The Morgan fingerprint density at radius 2 is 2.06 bits per heavy atom. The normalized spacial score (nSPS) is 12.2. The van der Waals surface area contributed by atoms with Gasteiger partial charge in [0, 0.05) is 29.7 Å². The average Bonchev–Trinajstić information content (AvgIpc) is 3.58. The van der Waals surface area contributed by atoms with Crippen molar-refractivity contribution in [1.29, 1.82) is 0 Å². The summed E-state index contributed by atoms with van der Waals surface area (Å²) in [5, 5.41) is 19.4. The summed E-state index contributed by atoms with van der Waals surface area (Å²) in [6.07, 6.45) is 1.70. The number of thiophene rings is 1. The highest BCUT2D eigenvalue weighted by molar-refractivity contribution is 7.22. The number of aliphatic hydroxyl groups excluding tert-OH is 1. The van der Waals surface area contributed by atoms with Crippen LogP contribution in [0.1, 0.15) is 33.3 Å². The van der Waals surface area contributed by atoms with E-state index >= 15 is 0 Å². The van der Waals surface area contributed by atoms with E-state index < -0.39 is 6.04 Å². The molecule has 0 bridgehead atoms. The molecule has 11 heteroatoms. The summed E-state index contributed by atoms with van der Waals surface area (Å²) in [4.78, 5) is 35.2. The van der Waals surface area contributed by atoms with Crippen LogP contribution in [0.2, 0.25) is 0 Å². The average molecular weight is 507 g/mol. The molecule has 5 aromatic rings. The number of aromatic nitrogens is 3. The van der Waals surface area contributed by atoms with E-state index in [2.05, 4.69) is 15.6 Å². The second-order valence-electron chi connectivity index (χ2n) is 8.03. The third-order valence-electron chi connectivity index (χ3n) is 5.48. The summed E-state index contributed by atoms with van der Waals surface area (Å²) in [5.41, 5.74) is 9.81. The maximum absolute atomic E-state index is 13.2. The van der Waals surface area contributed by atoms with Crippen LogP contribution in [0.4, 0.5) is 5.13 Å². The Balaban J connectivity index is 1.48. The van der Waals surface area contributed by atoms with Gasteiger partial charge in [-0.1, -0.05) is 17.4 Å². The first-order valence-corrected chi connectivity index (χ1v) is 12.6. The standard InChI is InChI=1S/C24H22N6O3S2/c1-13(11-31)27-23(33)20-19(15-6-8-34-12-15)29-21-16(3-2-7-30(20)21)22(32)26-10-14-4-5-17-18(9-14)35-24(25)28-17/h2-9,12-13,31H,10-11H2,1H3,(H2,25,28)(H,26,32)(H,27,33)/t13-/m1/s1. The Morgan fingerprint density at radius 3 is 2.83 bits per heavy atom. The van der Waals surface area contributed by atoms with E-state index in [0.717, 1.165) is 21.3 Å². The molecule has 5 N–H and O–H groups in total. The third kappa shape index (κ3) is 4.48. The number of nitrogens with two attached hydrogens (primary N) is 1. The quantitative estimate of drug-likeness (QED) is 0.268. The molecule has 178 valence electrons. The number of nitrogens with zero attached hydrogens (tertiary/aromatic N) is 3. The highest BCUT2D eigenvalue weighted by atomic mass is 32.1. The molecule has 0 aliphatic heterocycles. The van der Waals surface area contributed by atoms with E-state index in [1.165, 1.54) is 22.7 Å². The molecule has 1 aromatic carbocycles. The third-order valence-corrected chi connectivity index (χ3v) is 7.01. The predicted molar refractivity (Wildman–Crippen MR) is 138 cm³/mol. The van der Waals surface area contributed by atoms with Crippen molar-refractivity contribution in [3.63, 3.8) is 0 Å².